The van der Waals surface area contributed by atoms with Crippen LogP contribution in [0.5, 0.6) is 0 Å². The minimum Gasteiger partial charge on any atom is -0.375 e. The predicted octanol–water partition coefficient (Wildman–Crippen LogP) is 1.22. The van der Waals surface area contributed by atoms with E-state index in [9.17, 15) is 9.59 Å². The van der Waals surface area contributed by atoms with Crippen molar-refractivity contribution in [2.24, 2.45) is 11.3 Å². The molecule has 0 heterocycles. The van der Waals surface area contributed by atoms with E-state index in [4.69, 9.17) is 4.74 Å². The molecule has 2 unspecified atom stereocenters. The zero-order valence-electron chi connectivity index (χ0n) is 12.7. The van der Waals surface area contributed by atoms with Crippen molar-refractivity contribution in [3.05, 3.63) is 0 Å². The third-order valence-electron chi connectivity index (χ3n) is 4.90. The van der Waals surface area contributed by atoms with E-state index in [1.165, 1.54) is 39.0 Å². The first-order valence-electron chi connectivity index (χ1n) is 7.56. The van der Waals surface area contributed by atoms with Gasteiger partial charge in [-0.05, 0) is 50.4 Å². The average molecular weight is 282 g/mol. The van der Waals surface area contributed by atoms with Crippen molar-refractivity contribution in [3.8, 4) is 0 Å². The molecule has 20 heavy (non-hydrogen) atoms. The van der Waals surface area contributed by atoms with Gasteiger partial charge in [0, 0.05) is 14.0 Å². The third kappa shape index (κ3) is 3.32. The molecule has 2 saturated carbocycles. The second kappa shape index (κ2) is 6.12. The number of nitrogens with one attached hydrogen (secondary N) is 2. The van der Waals surface area contributed by atoms with E-state index in [1.54, 1.807) is 7.05 Å². The molecule has 0 radical (unpaired) electrons. The highest BCUT2D eigenvalue weighted by Crippen LogP contribution is 2.54. The molecular weight excluding hydrogens is 256 g/mol. The Morgan fingerprint density at radius 3 is 2.45 bits per heavy atom. The molecule has 0 aromatic heterocycles. The van der Waals surface area contributed by atoms with Gasteiger partial charge in [-0.1, -0.05) is 0 Å². The molecule has 0 aromatic rings. The Morgan fingerprint density at radius 2 is 2.00 bits per heavy atom. The van der Waals surface area contributed by atoms with Gasteiger partial charge in [0.25, 0.3) is 0 Å². The van der Waals surface area contributed by atoms with Crippen LogP contribution >= 0.6 is 0 Å². The second-order valence-corrected chi connectivity index (χ2v) is 6.46. The lowest BCUT2D eigenvalue weighted by atomic mass is 9.85. The van der Waals surface area contributed by atoms with Gasteiger partial charge in [-0.25, -0.2) is 0 Å². The van der Waals surface area contributed by atoms with Crippen molar-refractivity contribution < 1.29 is 14.3 Å². The number of rotatable bonds is 6. The number of amides is 2. The van der Waals surface area contributed by atoms with Crippen LogP contribution in [-0.2, 0) is 14.3 Å². The van der Waals surface area contributed by atoms with Gasteiger partial charge in [0.2, 0.25) is 11.8 Å². The van der Waals surface area contributed by atoms with Crippen LogP contribution in [0.15, 0.2) is 0 Å². The number of hydrogen-bond acceptors (Lipinski definition) is 3. The summed E-state index contributed by atoms with van der Waals surface area (Å²) in [5, 5.41) is 5.25. The number of ether oxygens (including phenoxy) is 1. The molecule has 0 aliphatic heterocycles. The molecule has 2 rings (SSSR count). The lowest BCUT2D eigenvalue weighted by Gasteiger charge is -2.30. The highest BCUT2D eigenvalue weighted by atomic mass is 16.5. The molecule has 5 heteroatoms. The summed E-state index contributed by atoms with van der Waals surface area (Å²) in [5.74, 6) is 0.467. The summed E-state index contributed by atoms with van der Waals surface area (Å²) in [4.78, 5) is 23.1. The van der Waals surface area contributed by atoms with Crippen LogP contribution in [0, 0.1) is 11.3 Å². The van der Waals surface area contributed by atoms with E-state index in [1.807, 2.05) is 6.92 Å². The summed E-state index contributed by atoms with van der Waals surface area (Å²) < 4.78 is 5.96. The number of likely N-dealkylation sites (N-methyl/N-ethyl adjacent to an activating group) is 1. The molecule has 0 spiro atoms. The molecule has 5 nitrogen and oxygen atoms in total. The van der Waals surface area contributed by atoms with Crippen molar-refractivity contribution in [1.29, 1.82) is 0 Å². The van der Waals surface area contributed by atoms with Crippen LogP contribution in [0.2, 0.25) is 0 Å². The SMILES string of the molecule is CNC(=O)C(NC(C)=O)C(C)OC[C@]12CC[C@H](CC1)C2. The second-order valence-electron chi connectivity index (χ2n) is 6.46. The molecule has 2 fully saturated rings. The quantitative estimate of drug-likeness (QED) is 0.770. The lowest BCUT2D eigenvalue weighted by Crippen LogP contribution is -2.52. The van der Waals surface area contributed by atoms with Gasteiger partial charge in [0.05, 0.1) is 12.7 Å². The topological polar surface area (TPSA) is 67.4 Å². The number of fused-ring (bicyclic) bond motifs is 2. The highest BCUT2D eigenvalue weighted by Gasteiger charge is 2.45. The van der Waals surface area contributed by atoms with Gasteiger partial charge < -0.3 is 15.4 Å². The molecule has 2 N–H and O–H groups in total. The first-order valence-corrected chi connectivity index (χ1v) is 7.56. The van der Waals surface area contributed by atoms with Crippen molar-refractivity contribution in [2.75, 3.05) is 13.7 Å². The minimum absolute atomic E-state index is 0.207. The first-order chi connectivity index (χ1) is 9.46. The van der Waals surface area contributed by atoms with Crippen LogP contribution in [0.1, 0.15) is 46.0 Å². The van der Waals surface area contributed by atoms with E-state index in [0.717, 1.165) is 5.92 Å². The van der Waals surface area contributed by atoms with Crippen LogP contribution in [0.4, 0.5) is 0 Å². The van der Waals surface area contributed by atoms with Gasteiger partial charge >= 0.3 is 0 Å². The molecule has 2 atom stereocenters. The zero-order valence-corrected chi connectivity index (χ0v) is 12.7. The summed E-state index contributed by atoms with van der Waals surface area (Å²) >= 11 is 0. The Balaban J connectivity index is 1.89. The molecule has 2 amide bonds. The maximum absolute atomic E-state index is 11.8. The standard InChI is InChI=1S/C15H26N2O3/c1-10(13(14(19)16-3)17-11(2)18)20-9-15-6-4-12(8-15)5-7-15/h10,12-13H,4-9H2,1-3H3,(H,16,19)(H,17,18)/t10?,12-,13?,15-. The molecule has 2 bridgehead atoms. The zero-order chi connectivity index (χ0) is 14.8. The Labute approximate surface area is 120 Å². The Kier molecular flexibility index (Phi) is 4.68. The fourth-order valence-corrected chi connectivity index (χ4v) is 3.69. The van der Waals surface area contributed by atoms with Gasteiger partial charge in [-0.2, -0.15) is 0 Å². The molecule has 2 aliphatic carbocycles. The highest BCUT2D eigenvalue weighted by molar-refractivity contribution is 5.87. The maximum atomic E-state index is 11.8. The average Bonchev–Trinajstić information content (AvgIpc) is 3.02. The molecule has 114 valence electrons. The van der Waals surface area contributed by atoms with Crippen LogP contribution in [-0.4, -0.2) is 37.6 Å². The summed E-state index contributed by atoms with van der Waals surface area (Å²) in [5.41, 5.74) is 0.336. The molecular formula is C15H26N2O3. The lowest BCUT2D eigenvalue weighted by molar-refractivity contribution is -0.132. The molecule has 2 aliphatic rings. The fourth-order valence-electron chi connectivity index (χ4n) is 3.69. The van der Waals surface area contributed by atoms with E-state index >= 15 is 0 Å². The van der Waals surface area contributed by atoms with Crippen molar-refractivity contribution in [1.82, 2.24) is 10.6 Å². The summed E-state index contributed by atoms with van der Waals surface area (Å²) in [6.45, 7) is 3.98. The summed E-state index contributed by atoms with van der Waals surface area (Å²) in [6, 6.07) is -0.618. The van der Waals surface area contributed by atoms with Crippen molar-refractivity contribution in [3.63, 3.8) is 0 Å². The van der Waals surface area contributed by atoms with Crippen molar-refractivity contribution >= 4 is 11.8 Å². The maximum Gasteiger partial charge on any atom is 0.245 e. The number of hydrogen-bond donors (Lipinski definition) is 2. The van der Waals surface area contributed by atoms with Gasteiger partial charge in [-0.15, -0.1) is 0 Å². The Morgan fingerprint density at radius 1 is 1.35 bits per heavy atom. The number of carbonyl (C=O) groups excluding carboxylic acids is 2. The predicted molar refractivity (Wildman–Crippen MR) is 76.1 cm³/mol. The van der Waals surface area contributed by atoms with Crippen LogP contribution in [0.3, 0.4) is 0 Å². The van der Waals surface area contributed by atoms with E-state index in [2.05, 4.69) is 10.6 Å². The van der Waals surface area contributed by atoms with Crippen molar-refractivity contribution in [2.45, 2.75) is 58.1 Å². The van der Waals surface area contributed by atoms with E-state index in [0.29, 0.717) is 12.0 Å². The smallest absolute Gasteiger partial charge is 0.245 e. The van der Waals surface area contributed by atoms with Crippen LogP contribution in [0.25, 0.3) is 0 Å². The Hall–Kier alpha value is -1.10. The molecule has 0 aromatic carbocycles. The minimum atomic E-state index is -0.618. The fraction of sp³-hybridized carbons (Fsp3) is 0.867. The summed E-state index contributed by atoms with van der Waals surface area (Å²) in [7, 11) is 1.57. The third-order valence-corrected chi connectivity index (χ3v) is 4.90. The van der Waals surface area contributed by atoms with E-state index < -0.39 is 6.04 Å². The normalized spacial score (nSPS) is 30.9. The van der Waals surface area contributed by atoms with Gasteiger partial charge in [-0.3, -0.25) is 9.59 Å². The largest absolute Gasteiger partial charge is 0.375 e. The number of carbonyl (C=O) groups is 2. The monoisotopic (exact) mass is 282 g/mol. The van der Waals surface area contributed by atoms with Gasteiger partial charge in [0.1, 0.15) is 6.04 Å². The first kappa shape index (κ1) is 15.3. The summed E-state index contributed by atoms with van der Waals surface area (Å²) in [6.07, 6.45) is 6.09. The van der Waals surface area contributed by atoms with Crippen LogP contribution < -0.4 is 10.6 Å². The van der Waals surface area contributed by atoms with E-state index in [-0.39, 0.29) is 17.9 Å². The molecule has 0 saturated heterocycles. The Bertz CT molecular complexity index is 375. The van der Waals surface area contributed by atoms with Gasteiger partial charge in [0.15, 0.2) is 0 Å².